The summed E-state index contributed by atoms with van der Waals surface area (Å²) in [6.45, 7) is -0.300. The lowest BCUT2D eigenvalue weighted by Gasteiger charge is -2.27. The molecule has 2 rings (SSSR count). The summed E-state index contributed by atoms with van der Waals surface area (Å²) in [7, 11) is 0. The molecule has 110 valence electrons. The van der Waals surface area contributed by atoms with Crippen molar-refractivity contribution in [2.45, 2.75) is 38.2 Å². The molecular weight excluding hydrogens is 272 g/mol. The van der Waals surface area contributed by atoms with E-state index in [-0.39, 0.29) is 38.1 Å². The normalized spacial score (nSPS) is 18.7. The van der Waals surface area contributed by atoms with E-state index in [1.165, 1.54) is 17.1 Å². The van der Waals surface area contributed by atoms with Gasteiger partial charge in [0.15, 0.2) is 0 Å². The number of aromatic nitrogens is 2. The van der Waals surface area contributed by atoms with Gasteiger partial charge in [-0.25, -0.2) is 8.78 Å². The Balaban J connectivity index is 1.88. The summed E-state index contributed by atoms with van der Waals surface area (Å²) in [5.74, 6) is -4.46. The summed E-state index contributed by atoms with van der Waals surface area (Å²) in [5, 5.41) is 14.9. The third-order valence-corrected chi connectivity index (χ3v) is 3.29. The van der Waals surface area contributed by atoms with Crippen molar-refractivity contribution in [1.29, 1.82) is 0 Å². The molecule has 0 aromatic carbocycles. The highest BCUT2D eigenvalue weighted by Crippen LogP contribution is 2.36. The molecule has 1 heterocycles. The van der Waals surface area contributed by atoms with E-state index in [1.54, 1.807) is 0 Å². The van der Waals surface area contributed by atoms with Crippen LogP contribution in [0.15, 0.2) is 12.4 Å². The predicted molar refractivity (Wildman–Crippen MR) is 65.4 cm³/mol. The standard InChI is InChI=1S/C12H15F2N3O3/c13-12(14)3-1-8(2-4-12)11(20)16-9-5-15-17(6-9)7-10(18)19/h5-6,8H,1-4,7H2,(H,16,20)(H,18,19). The fourth-order valence-corrected chi connectivity index (χ4v) is 2.20. The first kappa shape index (κ1) is 14.4. The Kier molecular flexibility index (Phi) is 4.01. The smallest absolute Gasteiger partial charge is 0.325 e. The van der Waals surface area contributed by atoms with Gasteiger partial charge in [-0.15, -0.1) is 0 Å². The minimum atomic E-state index is -2.66. The Morgan fingerprint density at radius 2 is 2.10 bits per heavy atom. The zero-order valence-corrected chi connectivity index (χ0v) is 10.7. The van der Waals surface area contributed by atoms with Crippen LogP contribution in [0.5, 0.6) is 0 Å². The van der Waals surface area contributed by atoms with Gasteiger partial charge in [-0.3, -0.25) is 14.3 Å². The zero-order chi connectivity index (χ0) is 14.8. The van der Waals surface area contributed by atoms with Crippen LogP contribution in [-0.4, -0.2) is 32.7 Å². The molecule has 6 nitrogen and oxygen atoms in total. The molecular formula is C12H15F2N3O3. The van der Waals surface area contributed by atoms with Crippen LogP contribution < -0.4 is 5.32 Å². The number of carboxylic acids is 1. The number of rotatable bonds is 4. The van der Waals surface area contributed by atoms with Gasteiger partial charge in [0, 0.05) is 25.0 Å². The third-order valence-electron chi connectivity index (χ3n) is 3.29. The predicted octanol–water partition coefficient (Wildman–Crippen LogP) is 1.73. The second-order valence-electron chi connectivity index (χ2n) is 4.94. The monoisotopic (exact) mass is 287 g/mol. The molecule has 0 spiro atoms. The van der Waals surface area contributed by atoms with E-state index in [0.29, 0.717) is 5.69 Å². The maximum Gasteiger partial charge on any atom is 0.325 e. The SMILES string of the molecule is O=C(O)Cn1cc(NC(=O)C2CCC(F)(F)CC2)cn1. The lowest BCUT2D eigenvalue weighted by Crippen LogP contribution is -2.31. The Morgan fingerprint density at radius 3 is 2.70 bits per heavy atom. The highest BCUT2D eigenvalue weighted by atomic mass is 19.3. The fourth-order valence-electron chi connectivity index (χ4n) is 2.20. The summed E-state index contributed by atoms with van der Waals surface area (Å²) in [4.78, 5) is 22.4. The van der Waals surface area contributed by atoms with Crippen LogP contribution in [0, 0.1) is 5.92 Å². The minimum Gasteiger partial charge on any atom is -0.480 e. The summed E-state index contributed by atoms with van der Waals surface area (Å²) >= 11 is 0. The molecule has 0 saturated heterocycles. The summed E-state index contributed by atoms with van der Waals surface area (Å²) in [6.07, 6.45) is 2.48. The van der Waals surface area contributed by atoms with Gasteiger partial charge >= 0.3 is 5.97 Å². The third kappa shape index (κ3) is 3.75. The number of nitrogens with one attached hydrogen (secondary N) is 1. The van der Waals surface area contributed by atoms with Crippen molar-refractivity contribution in [2.24, 2.45) is 5.92 Å². The largest absolute Gasteiger partial charge is 0.480 e. The van der Waals surface area contributed by atoms with Crippen molar-refractivity contribution in [3.63, 3.8) is 0 Å². The number of aliphatic carboxylic acids is 1. The van der Waals surface area contributed by atoms with E-state index >= 15 is 0 Å². The van der Waals surface area contributed by atoms with Gasteiger partial charge in [0.1, 0.15) is 6.54 Å². The molecule has 20 heavy (non-hydrogen) atoms. The number of anilines is 1. The second kappa shape index (κ2) is 5.56. The highest BCUT2D eigenvalue weighted by Gasteiger charge is 2.37. The minimum absolute atomic E-state index is 0.155. The fraction of sp³-hybridized carbons (Fsp3) is 0.583. The van der Waals surface area contributed by atoms with E-state index in [4.69, 9.17) is 5.11 Å². The van der Waals surface area contributed by atoms with E-state index in [2.05, 4.69) is 10.4 Å². The van der Waals surface area contributed by atoms with Crippen molar-refractivity contribution < 1.29 is 23.5 Å². The summed E-state index contributed by atoms with van der Waals surface area (Å²) in [6, 6.07) is 0. The Labute approximate surface area is 113 Å². The van der Waals surface area contributed by atoms with Gasteiger partial charge in [-0.2, -0.15) is 5.10 Å². The number of nitrogens with zero attached hydrogens (tertiary/aromatic N) is 2. The van der Waals surface area contributed by atoms with Crippen LogP contribution in [0.1, 0.15) is 25.7 Å². The number of carbonyl (C=O) groups is 2. The molecule has 0 unspecified atom stereocenters. The first-order valence-electron chi connectivity index (χ1n) is 6.29. The maximum absolute atomic E-state index is 13.0. The molecule has 0 radical (unpaired) electrons. The molecule has 0 atom stereocenters. The molecule has 0 bridgehead atoms. The Morgan fingerprint density at radius 1 is 1.45 bits per heavy atom. The van der Waals surface area contributed by atoms with E-state index in [1.807, 2.05) is 0 Å². The van der Waals surface area contributed by atoms with E-state index < -0.39 is 17.8 Å². The van der Waals surface area contributed by atoms with Gasteiger partial charge < -0.3 is 10.4 Å². The van der Waals surface area contributed by atoms with Crippen molar-refractivity contribution in [3.05, 3.63) is 12.4 Å². The van der Waals surface area contributed by atoms with Crippen LogP contribution in [-0.2, 0) is 16.1 Å². The number of alkyl halides is 2. The number of halogens is 2. The topological polar surface area (TPSA) is 84.2 Å². The summed E-state index contributed by atoms with van der Waals surface area (Å²) < 4.78 is 27.2. The van der Waals surface area contributed by atoms with Gasteiger partial charge in [-0.05, 0) is 12.8 Å². The lowest BCUT2D eigenvalue weighted by molar-refractivity contribution is -0.137. The van der Waals surface area contributed by atoms with Crippen LogP contribution in [0.2, 0.25) is 0 Å². The van der Waals surface area contributed by atoms with Crippen molar-refractivity contribution in [2.75, 3.05) is 5.32 Å². The van der Waals surface area contributed by atoms with E-state index in [9.17, 15) is 18.4 Å². The highest BCUT2D eigenvalue weighted by molar-refractivity contribution is 5.92. The van der Waals surface area contributed by atoms with Gasteiger partial charge in [0.2, 0.25) is 11.8 Å². The zero-order valence-electron chi connectivity index (χ0n) is 10.7. The average molecular weight is 287 g/mol. The van der Waals surface area contributed by atoms with Crippen LogP contribution >= 0.6 is 0 Å². The first-order chi connectivity index (χ1) is 9.35. The van der Waals surface area contributed by atoms with Crippen molar-refractivity contribution in [3.8, 4) is 0 Å². The Hall–Kier alpha value is -1.99. The van der Waals surface area contributed by atoms with Gasteiger partial charge in [0.25, 0.3) is 0 Å². The number of hydrogen-bond donors (Lipinski definition) is 2. The number of hydrogen-bond acceptors (Lipinski definition) is 3. The first-order valence-corrected chi connectivity index (χ1v) is 6.29. The van der Waals surface area contributed by atoms with Crippen LogP contribution in [0.4, 0.5) is 14.5 Å². The quantitative estimate of drug-likeness (QED) is 0.883. The molecule has 8 heteroatoms. The molecule has 1 saturated carbocycles. The van der Waals surface area contributed by atoms with Crippen molar-refractivity contribution >= 4 is 17.6 Å². The average Bonchev–Trinajstić information content (AvgIpc) is 2.75. The lowest BCUT2D eigenvalue weighted by atomic mass is 9.86. The summed E-state index contributed by atoms with van der Waals surface area (Å²) in [5.41, 5.74) is 0.369. The second-order valence-corrected chi connectivity index (χ2v) is 4.94. The van der Waals surface area contributed by atoms with Gasteiger partial charge in [0.05, 0.1) is 11.9 Å². The molecule has 1 aliphatic carbocycles. The van der Waals surface area contributed by atoms with E-state index in [0.717, 1.165) is 0 Å². The maximum atomic E-state index is 13.0. The molecule has 1 aliphatic rings. The van der Waals surface area contributed by atoms with Crippen LogP contribution in [0.3, 0.4) is 0 Å². The molecule has 1 aromatic rings. The molecule has 1 fully saturated rings. The van der Waals surface area contributed by atoms with Crippen LogP contribution in [0.25, 0.3) is 0 Å². The molecule has 0 aliphatic heterocycles. The molecule has 1 amide bonds. The molecule has 2 N–H and O–H groups in total. The number of amides is 1. The number of carbonyl (C=O) groups excluding carboxylic acids is 1. The molecule has 1 aromatic heterocycles. The van der Waals surface area contributed by atoms with Crippen molar-refractivity contribution in [1.82, 2.24) is 9.78 Å². The number of carboxylic acid groups (broad SMARTS) is 1. The van der Waals surface area contributed by atoms with Gasteiger partial charge in [-0.1, -0.05) is 0 Å². The Bertz CT molecular complexity index is 506.